The maximum atomic E-state index is 12.3. The lowest BCUT2D eigenvalue weighted by molar-refractivity contribution is 0.412. The zero-order valence-corrected chi connectivity index (χ0v) is 13.1. The fraction of sp³-hybridized carbons (Fsp3) is 0.714. The summed E-state index contributed by atoms with van der Waals surface area (Å²) in [5, 5.41) is 3.26. The molecule has 1 aliphatic rings. The summed E-state index contributed by atoms with van der Waals surface area (Å²) in [7, 11) is -3.39. The van der Waals surface area contributed by atoms with Crippen molar-refractivity contribution in [3.05, 3.63) is 18.0 Å². The normalized spacial score (nSPS) is 17.8. The Balaban J connectivity index is 1.98. The molecule has 6 heteroatoms. The Hall–Kier alpha value is -0.850. The largest absolute Gasteiger partial charge is 0.363 e. The minimum absolute atomic E-state index is 0.0980. The molecule has 0 aromatic carbocycles. The van der Waals surface area contributed by atoms with Crippen LogP contribution >= 0.6 is 0 Å². The van der Waals surface area contributed by atoms with Gasteiger partial charge in [-0.25, -0.2) is 13.1 Å². The minimum atomic E-state index is -3.39. The molecular formula is C14H25N3O2S. The highest BCUT2D eigenvalue weighted by atomic mass is 32.2. The minimum Gasteiger partial charge on any atom is -0.363 e. The van der Waals surface area contributed by atoms with Crippen LogP contribution in [0.2, 0.25) is 0 Å². The summed E-state index contributed by atoms with van der Waals surface area (Å²) in [6.45, 7) is 4.77. The number of nitrogens with one attached hydrogen (secondary N) is 3. The molecule has 1 aromatic rings. The third-order valence-corrected chi connectivity index (χ3v) is 5.15. The first-order valence-electron chi connectivity index (χ1n) is 7.40. The molecule has 2 rings (SSSR count). The molecule has 0 amide bonds. The SMILES string of the molecule is CC(C)NCc1cc(S(=O)(=O)NC2CCCCC2)c[nH]1. The second kappa shape index (κ2) is 6.74. The van der Waals surface area contributed by atoms with E-state index < -0.39 is 10.0 Å². The van der Waals surface area contributed by atoms with E-state index in [2.05, 4.69) is 28.9 Å². The number of hydrogen-bond donors (Lipinski definition) is 3. The Kier molecular flexibility index (Phi) is 5.23. The zero-order valence-electron chi connectivity index (χ0n) is 12.3. The quantitative estimate of drug-likeness (QED) is 0.753. The highest BCUT2D eigenvalue weighted by molar-refractivity contribution is 7.89. The number of aromatic amines is 1. The zero-order chi connectivity index (χ0) is 14.6. The summed E-state index contributed by atoms with van der Waals surface area (Å²) < 4.78 is 27.4. The first-order chi connectivity index (χ1) is 9.47. The topological polar surface area (TPSA) is 74.0 Å². The fourth-order valence-corrected chi connectivity index (χ4v) is 3.82. The first-order valence-corrected chi connectivity index (χ1v) is 8.89. The van der Waals surface area contributed by atoms with Gasteiger partial charge in [-0.05, 0) is 18.9 Å². The van der Waals surface area contributed by atoms with Gasteiger partial charge in [-0.1, -0.05) is 33.1 Å². The van der Waals surface area contributed by atoms with Crippen molar-refractivity contribution in [2.75, 3.05) is 0 Å². The average Bonchev–Trinajstić information content (AvgIpc) is 2.86. The van der Waals surface area contributed by atoms with Crippen LogP contribution in [0.25, 0.3) is 0 Å². The Morgan fingerprint density at radius 2 is 2.00 bits per heavy atom. The van der Waals surface area contributed by atoms with Crippen LogP contribution in [0.15, 0.2) is 17.2 Å². The van der Waals surface area contributed by atoms with E-state index in [0.29, 0.717) is 17.5 Å². The van der Waals surface area contributed by atoms with Crippen LogP contribution < -0.4 is 10.0 Å². The maximum absolute atomic E-state index is 12.3. The molecule has 0 atom stereocenters. The van der Waals surface area contributed by atoms with E-state index in [0.717, 1.165) is 31.4 Å². The van der Waals surface area contributed by atoms with Crippen molar-refractivity contribution in [2.45, 2.75) is 69.5 Å². The molecule has 0 spiro atoms. The second-order valence-electron chi connectivity index (χ2n) is 5.85. The standard InChI is InChI=1S/C14H25N3O2S/c1-11(2)15-9-13-8-14(10-16-13)20(18,19)17-12-6-4-3-5-7-12/h8,10-12,15-17H,3-7,9H2,1-2H3. The summed E-state index contributed by atoms with van der Waals surface area (Å²) in [5.74, 6) is 0. The molecular weight excluding hydrogens is 274 g/mol. The molecule has 0 saturated heterocycles. The predicted molar refractivity (Wildman–Crippen MR) is 80.0 cm³/mol. The van der Waals surface area contributed by atoms with Gasteiger partial charge >= 0.3 is 0 Å². The summed E-state index contributed by atoms with van der Waals surface area (Å²) in [5.41, 5.74) is 0.891. The van der Waals surface area contributed by atoms with Crippen LogP contribution in [0.1, 0.15) is 51.6 Å². The van der Waals surface area contributed by atoms with Crippen LogP contribution in [0.3, 0.4) is 0 Å². The van der Waals surface area contributed by atoms with Crippen LogP contribution in [-0.4, -0.2) is 25.5 Å². The number of rotatable bonds is 6. The number of sulfonamides is 1. The first kappa shape index (κ1) is 15.5. The lowest BCUT2D eigenvalue weighted by Crippen LogP contribution is -2.35. The molecule has 3 N–H and O–H groups in total. The molecule has 0 aliphatic heterocycles. The lowest BCUT2D eigenvalue weighted by Gasteiger charge is -2.22. The Morgan fingerprint density at radius 3 is 2.65 bits per heavy atom. The van der Waals surface area contributed by atoms with Crippen molar-refractivity contribution >= 4 is 10.0 Å². The fourth-order valence-electron chi connectivity index (χ4n) is 2.50. The molecule has 0 bridgehead atoms. The Morgan fingerprint density at radius 1 is 1.30 bits per heavy atom. The van der Waals surface area contributed by atoms with Gasteiger partial charge in [-0.3, -0.25) is 0 Å². The predicted octanol–water partition coefficient (Wildman–Crippen LogP) is 2.12. The van der Waals surface area contributed by atoms with E-state index >= 15 is 0 Å². The summed E-state index contributed by atoms with van der Waals surface area (Å²) in [6, 6.07) is 2.18. The van der Waals surface area contributed by atoms with Crippen molar-refractivity contribution in [2.24, 2.45) is 0 Å². The van der Waals surface area contributed by atoms with Gasteiger partial charge in [0.05, 0.1) is 4.90 Å². The van der Waals surface area contributed by atoms with Gasteiger partial charge in [0.1, 0.15) is 0 Å². The smallest absolute Gasteiger partial charge is 0.242 e. The van der Waals surface area contributed by atoms with E-state index in [9.17, 15) is 8.42 Å². The van der Waals surface area contributed by atoms with E-state index in [4.69, 9.17) is 0 Å². The number of hydrogen-bond acceptors (Lipinski definition) is 3. The molecule has 114 valence electrons. The van der Waals surface area contributed by atoms with Gasteiger partial charge in [0.2, 0.25) is 10.0 Å². The van der Waals surface area contributed by atoms with Crippen LogP contribution in [0.4, 0.5) is 0 Å². The number of aromatic nitrogens is 1. The van der Waals surface area contributed by atoms with Crippen LogP contribution in [0.5, 0.6) is 0 Å². The molecule has 0 unspecified atom stereocenters. The van der Waals surface area contributed by atoms with Gasteiger partial charge in [0.15, 0.2) is 0 Å². The van der Waals surface area contributed by atoms with E-state index in [1.54, 1.807) is 12.3 Å². The third kappa shape index (κ3) is 4.33. The molecule has 5 nitrogen and oxygen atoms in total. The Bertz CT molecular complexity index is 516. The molecule has 1 aliphatic carbocycles. The monoisotopic (exact) mass is 299 g/mol. The van der Waals surface area contributed by atoms with E-state index in [-0.39, 0.29) is 6.04 Å². The summed E-state index contributed by atoms with van der Waals surface area (Å²) in [4.78, 5) is 3.36. The van der Waals surface area contributed by atoms with Gasteiger partial charge in [0.25, 0.3) is 0 Å². The molecule has 1 saturated carbocycles. The summed E-state index contributed by atoms with van der Waals surface area (Å²) >= 11 is 0. The van der Waals surface area contributed by atoms with Crippen LogP contribution in [-0.2, 0) is 16.6 Å². The number of H-pyrrole nitrogens is 1. The van der Waals surface area contributed by atoms with E-state index in [1.165, 1.54) is 6.42 Å². The Labute approximate surface area is 121 Å². The van der Waals surface area contributed by atoms with Crippen molar-refractivity contribution in [3.63, 3.8) is 0 Å². The van der Waals surface area contributed by atoms with Gasteiger partial charge in [-0.2, -0.15) is 0 Å². The molecule has 1 aromatic heterocycles. The highest BCUT2D eigenvalue weighted by Gasteiger charge is 2.22. The van der Waals surface area contributed by atoms with Crippen LogP contribution in [0, 0.1) is 0 Å². The highest BCUT2D eigenvalue weighted by Crippen LogP contribution is 2.20. The molecule has 0 radical (unpaired) electrons. The molecule has 1 fully saturated rings. The maximum Gasteiger partial charge on any atom is 0.242 e. The molecule has 20 heavy (non-hydrogen) atoms. The van der Waals surface area contributed by atoms with Crippen molar-refractivity contribution in [1.29, 1.82) is 0 Å². The van der Waals surface area contributed by atoms with Crippen molar-refractivity contribution in [1.82, 2.24) is 15.0 Å². The summed E-state index contributed by atoms with van der Waals surface area (Å²) in [6.07, 6.45) is 6.92. The lowest BCUT2D eigenvalue weighted by atomic mass is 9.96. The van der Waals surface area contributed by atoms with Gasteiger partial charge in [-0.15, -0.1) is 0 Å². The van der Waals surface area contributed by atoms with Gasteiger partial charge in [0, 0.05) is 30.5 Å². The van der Waals surface area contributed by atoms with E-state index in [1.807, 2.05) is 0 Å². The average molecular weight is 299 g/mol. The van der Waals surface area contributed by atoms with Gasteiger partial charge < -0.3 is 10.3 Å². The second-order valence-corrected chi connectivity index (χ2v) is 7.57. The van der Waals surface area contributed by atoms with Crippen molar-refractivity contribution in [3.8, 4) is 0 Å². The van der Waals surface area contributed by atoms with Crippen molar-refractivity contribution < 1.29 is 8.42 Å². The third-order valence-electron chi connectivity index (χ3n) is 3.65. The molecule has 1 heterocycles.